The molecule has 0 bridgehead atoms. The normalized spacial score (nSPS) is 13.2. The number of hydrogen-bond acceptors (Lipinski definition) is 8. The van der Waals surface area contributed by atoms with Gasteiger partial charge < -0.3 is 33.3 Å². The van der Waals surface area contributed by atoms with Gasteiger partial charge in [0.05, 0.1) is 40.3 Å². The van der Waals surface area contributed by atoms with Gasteiger partial charge in [0.2, 0.25) is 0 Å². The van der Waals surface area contributed by atoms with Crippen molar-refractivity contribution in [3.8, 4) is 0 Å². The summed E-state index contributed by atoms with van der Waals surface area (Å²) in [6.07, 6.45) is 86.7. The molecule has 0 amide bonds. The monoisotopic (exact) mass is 1190 g/mol. The smallest absolute Gasteiger partial charge is 0.306 e. The minimum absolute atomic E-state index is 0.146. The molecule has 0 heterocycles. The third-order valence-corrected chi connectivity index (χ3v) is 15.6. The zero-order chi connectivity index (χ0) is 61.9. The summed E-state index contributed by atoms with van der Waals surface area (Å²) in [5, 5.41) is 11.8. The molecule has 85 heavy (non-hydrogen) atoms. The highest BCUT2D eigenvalue weighted by Crippen LogP contribution is 2.18. The third kappa shape index (κ3) is 67.8. The second kappa shape index (κ2) is 66.4. The van der Waals surface area contributed by atoms with Gasteiger partial charge in [-0.2, -0.15) is 0 Å². The number of aliphatic carboxylic acids is 1. The highest BCUT2D eigenvalue weighted by molar-refractivity contribution is 5.70. The van der Waals surface area contributed by atoms with E-state index in [2.05, 4.69) is 98.9 Å². The zero-order valence-corrected chi connectivity index (χ0v) is 56.2. The molecule has 0 aliphatic heterocycles. The van der Waals surface area contributed by atoms with Gasteiger partial charge in [-0.05, 0) is 89.9 Å². The van der Waals surface area contributed by atoms with Crippen LogP contribution in [0.2, 0.25) is 0 Å². The first-order chi connectivity index (χ1) is 41.6. The topological polar surface area (TPSA) is 111 Å². The van der Waals surface area contributed by atoms with Crippen LogP contribution >= 0.6 is 0 Å². The molecule has 0 aliphatic rings. The fraction of sp³-hybridized carbons (Fsp3) is 0.776. The van der Waals surface area contributed by atoms with Crippen LogP contribution < -0.4 is 5.11 Å². The van der Waals surface area contributed by atoms with Crippen LogP contribution in [-0.4, -0.2) is 82.3 Å². The average molecular weight is 1190 g/mol. The van der Waals surface area contributed by atoms with E-state index in [1.807, 2.05) is 21.1 Å². The molecule has 0 N–H and O–H groups in total. The Balaban J connectivity index is 4.10. The molecule has 492 valence electrons. The van der Waals surface area contributed by atoms with Gasteiger partial charge in [-0.15, -0.1) is 0 Å². The van der Waals surface area contributed by atoms with Crippen molar-refractivity contribution in [1.82, 2.24) is 0 Å². The molecular formula is C76H135NO8. The van der Waals surface area contributed by atoms with Gasteiger partial charge in [0.25, 0.3) is 0 Å². The summed E-state index contributed by atoms with van der Waals surface area (Å²) in [5.41, 5.74) is 0. The highest BCUT2D eigenvalue weighted by atomic mass is 16.7. The maximum Gasteiger partial charge on any atom is 0.306 e. The average Bonchev–Trinajstić information content (AvgIpc) is 3.49. The molecular weight excluding hydrogens is 1050 g/mol. The van der Waals surface area contributed by atoms with E-state index in [1.54, 1.807) is 0 Å². The van der Waals surface area contributed by atoms with E-state index in [-0.39, 0.29) is 32.2 Å². The molecule has 0 saturated heterocycles. The second-order valence-corrected chi connectivity index (χ2v) is 25.1. The standard InChI is InChI=1S/C76H135NO8/c1-6-8-10-12-14-16-18-20-22-24-26-28-30-32-34-35-36-37-38-39-41-43-45-47-49-51-53-55-57-59-61-63-65-67-74(79)85-72(71-84-76(75(80)81)82-69-68-77(3,4)5)70-83-73(78)66-64-62-60-58-56-54-52-50-48-46-44-42-40-33-31-29-27-25-23-21-19-17-15-13-11-9-7-2/h8,10,14,16,20,22,25-28,32,34,36-37,72,76H,6-7,9,11-13,15,17-19,21,23-24,29-31,33,35,38-71H2,1-5H3/b10-8-,16-14-,22-20-,27-25-,28-26-,34-32-,37-36-. The second-order valence-electron chi connectivity index (χ2n) is 25.1. The van der Waals surface area contributed by atoms with Crippen LogP contribution in [0.15, 0.2) is 85.1 Å². The first-order valence-electron chi connectivity index (χ1n) is 35.7. The lowest BCUT2D eigenvalue weighted by molar-refractivity contribution is -0.870. The van der Waals surface area contributed by atoms with Gasteiger partial charge in [0, 0.05) is 12.8 Å². The molecule has 0 saturated carbocycles. The SMILES string of the molecule is CC/C=C\C/C=C\C/C=C\C/C=C\C/C=C\C/C=C\CCCCCCCCCCCCCCCCC(=O)OC(COC(=O)CCCCCCCCCCCCCCCCC/C=C\CCCCCCCCCC)COC(OCC[N+](C)(C)C)C(=O)[O-]. The molecule has 0 rings (SSSR count). The Morgan fingerprint density at radius 3 is 1.01 bits per heavy atom. The number of hydrogen-bond donors (Lipinski definition) is 0. The number of carboxylic acids is 1. The van der Waals surface area contributed by atoms with Crippen molar-refractivity contribution >= 4 is 17.9 Å². The summed E-state index contributed by atoms with van der Waals surface area (Å²) < 4.78 is 22.8. The van der Waals surface area contributed by atoms with Crippen molar-refractivity contribution in [2.24, 2.45) is 0 Å². The van der Waals surface area contributed by atoms with Crippen LogP contribution in [0.25, 0.3) is 0 Å². The lowest BCUT2D eigenvalue weighted by Crippen LogP contribution is -2.44. The first kappa shape index (κ1) is 81.5. The number of nitrogens with zero attached hydrogens (tertiary/aromatic N) is 1. The highest BCUT2D eigenvalue weighted by Gasteiger charge is 2.22. The number of carbonyl (C=O) groups excluding carboxylic acids is 3. The number of carboxylic acid groups (broad SMARTS) is 1. The van der Waals surface area contributed by atoms with Gasteiger partial charge in [-0.25, -0.2) is 0 Å². The van der Waals surface area contributed by atoms with Crippen molar-refractivity contribution < 1.29 is 42.9 Å². The summed E-state index contributed by atoms with van der Waals surface area (Å²) in [7, 11) is 5.94. The van der Waals surface area contributed by atoms with Crippen molar-refractivity contribution in [3.63, 3.8) is 0 Å². The van der Waals surface area contributed by atoms with Gasteiger partial charge in [-0.1, -0.05) is 304 Å². The lowest BCUT2D eigenvalue weighted by Gasteiger charge is -2.26. The Morgan fingerprint density at radius 1 is 0.365 bits per heavy atom. The number of quaternary nitrogens is 1. The Bertz CT molecular complexity index is 1670. The fourth-order valence-electron chi connectivity index (χ4n) is 10.2. The number of likely N-dealkylation sites (N-methyl/N-ethyl adjacent to an activating group) is 1. The van der Waals surface area contributed by atoms with Gasteiger partial charge >= 0.3 is 11.9 Å². The third-order valence-electron chi connectivity index (χ3n) is 15.6. The van der Waals surface area contributed by atoms with Crippen LogP contribution in [0.3, 0.4) is 0 Å². The van der Waals surface area contributed by atoms with E-state index in [9.17, 15) is 19.5 Å². The van der Waals surface area contributed by atoms with Gasteiger partial charge in [-0.3, -0.25) is 9.59 Å². The quantitative estimate of drug-likeness (QED) is 0.0195. The van der Waals surface area contributed by atoms with Crippen molar-refractivity contribution in [2.75, 3.05) is 47.5 Å². The number of carbonyl (C=O) groups is 3. The minimum atomic E-state index is -1.62. The molecule has 9 heteroatoms. The van der Waals surface area contributed by atoms with Crippen LogP contribution in [0.5, 0.6) is 0 Å². The van der Waals surface area contributed by atoms with Crippen molar-refractivity contribution in [1.29, 1.82) is 0 Å². The molecule has 0 fully saturated rings. The molecule has 0 radical (unpaired) electrons. The molecule has 0 aromatic rings. The Kier molecular flexibility index (Phi) is 63.7. The Hall–Kier alpha value is -3.53. The van der Waals surface area contributed by atoms with E-state index in [4.69, 9.17) is 18.9 Å². The summed E-state index contributed by atoms with van der Waals surface area (Å²) in [6, 6.07) is 0. The number of esters is 2. The largest absolute Gasteiger partial charge is 0.545 e. The molecule has 0 spiro atoms. The maximum atomic E-state index is 12.9. The van der Waals surface area contributed by atoms with E-state index in [0.717, 1.165) is 77.0 Å². The number of allylic oxidation sites excluding steroid dienone is 14. The van der Waals surface area contributed by atoms with E-state index in [0.29, 0.717) is 23.9 Å². The van der Waals surface area contributed by atoms with Crippen molar-refractivity contribution in [3.05, 3.63) is 85.1 Å². The van der Waals surface area contributed by atoms with E-state index < -0.39 is 24.3 Å². The lowest BCUT2D eigenvalue weighted by atomic mass is 10.0. The summed E-state index contributed by atoms with van der Waals surface area (Å²) in [4.78, 5) is 37.5. The zero-order valence-electron chi connectivity index (χ0n) is 56.2. The van der Waals surface area contributed by atoms with Crippen molar-refractivity contribution in [2.45, 2.75) is 334 Å². The predicted molar refractivity (Wildman–Crippen MR) is 361 cm³/mol. The maximum absolute atomic E-state index is 12.9. The fourth-order valence-corrected chi connectivity index (χ4v) is 10.2. The van der Waals surface area contributed by atoms with E-state index in [1.165, 1.54) is 212 Å². The summed E-state index contributed by atoms with van der Waals surface area (Å²) in [5.74, 6) is -2.27. The molecule has 0 aliphatic carbocycles. The Labute approximate surface area is 525 Å². The summed E-state index contributed by atoms with van der Waals surface area (Å²) in [6.45, 7) is 4.67. The molecule has 9 nitrogen and oxygen atoms in total. The number of unbranched alkanes of at least 4 members (excludes halogenated alkanes) is 37. The van der Waals surface area contributed by atoms with Crippen LogP contribution in [0.4, 0.5) is 0 Å². The molecule has 2 atom stereocenters. The van der Waals surface area contributed by atoms with E-state index >= 15 is 0 Å². The summed E-state index contributed by atoms with van der Waals surface area (Å²) >= 11 is 0. The molecule has 0 aromatic heterocycles. The molecule has 0 aromatic carbocycles. The number of ether oxygens (including phenoxy) is 4. The first-order valence-corrected chi connectivity index (χ1v) is 35.7. The van der Waals surface area contributed by atoms with Crippen LogP contribution in [0.1, 0.15) is 322 Å². The van der Waals surface area contributed by atoms with Crippen LogP contribution in [0, 0.1) is 0 Å². The Morgan fingerprint density at radius 2 is 0.671 bits per heavy atom. The predicted octanol–water partition coefficient (Wildman–Crippen LogP) is 20.9. The van der Waals surface area contributed by atoms with Gasteiger partial charge in [0.15, 0.2) is 12.4 Å². The number of rotatable bonds is 66. The minimum Gasteiger partial charge on any atom is -0.545 e. The molecule has 2 unspecified atom stereocenters. The van der Waals surface area contributed by atoms with Gasteiger partial charge in [0.1, 0.15) is 13.2 Å². The van der Waals surface area contributed by atoms with Crippen LogP contribution in [-0.2, 0) is 33.3 Å².